The minimum atomic E-state index is -3.78. The predicted octanol–water partition coefficient (Wildman–Crippen LogP) is 2.52. The summed E-state index contributed by atoms with van der Waals surface area (Å²) in [5.74, 6) is 0.000520. The van der Waals surface area contributed by atoms with E-state index in [1.165, 1.54) is 17.5 Å². The van der Waals surface area contributed by atoms with Crippen LogP contribution in [-0.4, -0.2) is 32.6 Å². The van der Waals surface area contributed by atoms with E-state index in [1.807, 2.05) is 6.92 Å². The van der Waals surface area contributed by atoms with Crippen molar-refractivity contribution >= 4 is 32.5 Å². The van der Waals surface area contributed by atoms with Gasteiger partial charge >= 0.3 is 5.97 Å². The van der Waals surface area contributed by atoms with Crippen molar-refractivity contribution in [2.45, 2.75) is 18.7 Å². The average molecular weight is 356 g/mol. The molecule has 9 heteroatoms. The van der Waals surface area contributed by atoms with Crippen molar-refractivity contribution < 1.29 is 22.7 Å². The number of carbonyl (C=O) groups excluding carboxylic acids is 1. The van der Waals surface area contributed by atoms with Crippen molar-refractivity contribution in [2.75, 3.05) is 17.9 Å². The van der Waals surface area contributed by atoms with Gasteiger partial charge in [0.1, 0.15) is 5.75 Å². The lowest BCUT2D eigenvalue weighted by Gasteiger charge is -2.07. The topological polar surface area (TPSA) is 94.6 Å². The molecule has 1 aromatic heterocycles. The standard InChI is InChI=1S/C14H16N2O5S2/c1-3-20-10-5-7-11(8-6-10)23(18,19)16-14-15-12(9-22-14)13(17)21-4-2/h5-9H,3-4H2,1-2H3,(H,15,16). The van der Waals surface area contributed by atoms with Crippen molar-refractivity contribution in [3.8, 4) is 5.75 Å². The average Bonchev–Trinajstić information content (AvgIpc) is 2.96. The Balaban J connectivity index is 2.13. The van der Waals surface area contributed by atoms with Gasteiger partial charge in [-0.2, -0.15) is 0 Å². The summed E-state index contributed by atoms with van der Waals surface area (Å²) in [6, 6.07) is 6.02. The Morgan fingerprint density at radius 1 is 1.22 bits per heavy atom. The van der Waals surface area contributed by atoms with Crippen LogP contribution in [0.2, 0.25) is 0 Å². The maximum atomic E-state index is 12.3. The number of anilines is 1. The molecule has 2 rings (SSSR count). The third kappa shape index (κ3) is 4.42. The van der Waals surface area contributed by atoms with E-state index in [-0.39, 0.29) is 22.3 Å². The number of esters is 1. The fraction of sp³-hybridized carbons (Fsp3) is 0.286. The molecule has 7 nitrogen and oxygen atoms in total. The van der Waals surface area contributed by atoms with Gasteiger partial charge in [0.2, 0.25) is 0 Å². The van der Waals surface area contributed by atoms with Crippen LogP contribution >= 0.6 is 11.3 Å². The molecule has 0 saturated heterocycles. The monoisotopic (exact) mass is 356 g/mol. The van der Waals surface area contributed by atoms with Crippen molar-refractivity contribution in [3.05, 3.63) is 35.3 Å². The van der Waals surface area contributed by atoms with Gasteiger partial charge in [0.05, 0.1) is 18.1 Å². The highest BCUT2D eigenvalue weighted by atomic mass is 32.2. The van der Waals surface area contributed by atoms with E-state index < -0.39 is 16.0 Å². The minimum Gasteiger partial charge on any atom is -0.494 e. The molecule has 0 unspecified atom stereocenters. The van der Waals surface area contributed by atoms with Gasteiger partial charge in [0, 0.05) is 5.38 Å². The third-order valence-electron chi connectivity index (χ3n) is 2.66. The van der Waals surface area contributed by atoms with Gasteiger partial charge in [0.25, 0.3) is 10.0 Å². The molecule has 0 aliphatic heterocycles. The molecule has 1 N–H and O–H groups in total. The van der Waals surface area contributed by atoms with Crippen molar-refractivity contribution in [1.82, 2.24) is 4.98 Å². The molecule has 0 spiro atoms. The fourth-order valence-electron chi connectivity index (χ4n) is 1.67. The van der Waals surface area contributed by atoms with E-state index in [9.17, 15) is 13.2 Å². The van der Waals surface area contributed by atoms with E-state index >= 15 is 0 Å². The van der Waals surface area contributed by atoms with E-state index in [4.69, 9.17) is 9.47 Å². The predicted molar refractivity (Wildman–Crippen MR) is 86.5 cm³/mol. The smallest absolute Gasteiger partial charge is 0.357 e. The van der Waals surface area contributed by atoms with Gasteiger partial charge in [0.15, 0.2) is 10.8 Å². The van der Waals surface area contributed by atoms with Gasteiger partial charge in [-0.05, 0) is 38.1 Å². The number of ether oxygens (including phenoxy) is 2. The lowest BCUT2D eigenvalue weighted by molar-refractivity contribution is 0.0520. The number of hydrogen-bond donors (Lipinski definition) is 1. The van der Waals surface area contributed by atoms with Crippen LogP contribution in [0.1, 0.15) is 24.3 Å². The number of nitrogens with one attached hydrogen (secondary N) is 1. The fourth-order valence-corrected chi connectivity index (χ4v) is 3.61. The normalized spacial score (nSPS) is 11.0. The van der Waals surface area contributed by atoms with E-state index in [2.05, 4.69) is 9.71 Å². The molecule has 0 fully saturated rings. The summed E-state index contributed by atoms with van der Waals surface area (Å²) >= 11 is 1.01. The summed E-state index contributed by atoms with van der Waals surface area (Å²) in [6.45, 7) is 4.25. The first-order chi connectivity index (χ1) is 11.0. The molecule has 0 aliphatic rings. The van der Waals surface area contributed by atoms with Crippen LogP contribution in [0.4, 0.5) is 5.13 Å². The first-order valence-electron chi connectivity index (χ1n) is 6.84. The maximum Gasteiger partial charge on any atom is 0.357 e. The number of rotatable bonds is 7. The molecule has 0 bridgehead atoms. The van der Waals surface area contributed by atoms with Crippen molar-refractivity contribution in [1.29, 1.82) is 0 Å². The Labute approximate surface area is 138 Å². The molecule has 1 aromatic carbocycles. The zero-order chi connectivity index (χ0) is 16.9. The summed E-state index contributed by atoms with van der Waals surface area (Å²) in [5.41, 5.74) is 0.0706. The van der Waals surface area contributed by atoms with E-state index in [0.717, 1.165) is 11.3 Å². The molecule has 124 valence electrons. The van der Waals surface area contributed by atoms with E-state index in [1.54, 1.807) is 19.1 Å². The van der Waals surface area contributed by atoms with Crippen molar-refractivity contribution in [2.24, 2.45) is 0 Å². The number of hydrogen-bond acceptors (Lipinski definition) is 7. The number of thiazole rings is 1. The Morgan fingerprint density at radius 3 is 2.52 bits per heavy atom. The Bertz CT molecular complexity index is 769. The zero-order valence-electron chi connectivity index (χ0n) is 12.6. The van der Waals surface area contributed by atoms with Gasteiger partial charge in [-0.1, -0.05) is 0 Å². The van der Waals surface area contributed by atoms with Gasteiger partial charge in [-0.15, -0.1) is 11.3 Å². The second-order valence-electron chi connectivity index (χ2n) is 4.27. The Morgan fingerprint density at radius 2 is 1.91 bits per heavy atom. The zero-order valence-corrected chi connectivity index (χ0v) is 14.2. The molecule has 0 saturated carbocycles. The van der Waals surface area contributed by atoms with Crippen LogP contribution in [-0.2, 0) is 14.8 Å². The van der Waals surface area contributed by atoms with Crippen LogP contribution in [0.3, 0.4) is 0 Å². The number of sulfonamides is 1. The molecule has 0 aliphatic carbocycles. The number of nitrogens with zero attached hydrogens (tertiary/aromatic N) is 1. The van der Waals surface area contributed by atoms with Crippen LogP contribution < -0.4 is 9.46 Å². The van der Waals surface area contributed by atoms with Gasteiger partial charge in [-0.25, -0.2) is 18.2 Å². The minimum absolute atomic E-state index is 0.0706. The quantitative estimate of drug-likeness (QED) is 0.766. The molecule has 1 heterocycles. The second kappa shape index (κ2) is 7.42. The number of carbonyl (C=O) groups is 1. The molecule has 2 aromatic rings. The summed E-state index contributed by atoms with van der Waals surface area (Å²) in [5, 5.41) is 1.54. The van der Waals surface area contributed by atoms with Crippen LogP contribution in [0, 0.1) is 0 Å². The molecule has 0 amide bonds. The highest BCUT2D eigenvalue weighted by Crippen LogP contribution is 2.22. The lowest BCUT2D eigenvalue weighted by atomic mass is 10.3. The van der Waals surface area contributed by atoms with Gasteiger partial charge < -0.3 is 9.47 Å². The molecular formula is C14H16N2O5S2. The van der Waals surface area contributed by atoms with Crippen LogP contribution in [0.15, 0.2) is 34.5 Å². The largest absolute Gasteiger partial charge is 0.494 e. The molecular weight excluding hydrogens is 340 g/mol. The van der Waals surface area contributed by atoms with E-state index in [0.29, 0.717) is 12.4 Å². The first kappa shape index (κ1) is 17.2. The Kier molecular flexibility index (Phi) is 5.56. The second-order valence-corrected chi connectivity index (χ2v) is 6.81. The third-order valence-corrected chi connectivity index (χ3v) is 4.90. The number of aromatic nitrogens is 1. The van der Waals surface area contributed by atoms with Crippen LogP contribution in [0.5, 0.6) is 5.75 Å². The first-order valence-corrected chi connectivity index (χ1v) is 9.21. The Hall–Kier alpha value is -2.13. The molecule has 23 heavy (non-hydrogen) atoms. The van der Waals surface area contributed by atoms with Crippen LogP contribution in [0.25, 0.3) is 0 Å². The summed E-state index contributed by atoms with van der Waals surface area (Å²) in [6.07, 6.45) is 0. The molecule has 0 atom stereocenters. The SMILES string of the molecule is CCOC(=O)c1csc(NS(=O)(=O)c2ccc(OCC)cc2)n1. The summed E-state index contributed by atoms with van der Waals surface area (Å²) in [7, 11) is -3.78. The maximum absolute atomic E-state index is 12.3. The van der Waals surface area contributed by atoms with Gasteiger partial charge in [-0.3, -0.25) is 4.72 Å². The number of benzene rings is 1. The summed E-state index contributed by atoms with van der Waals surface area (Å²) in [4.78, 5) is 15.5. The van der Waals surface area contributed by atoms with Crippen molar-refractivity contribution in [3.63, 3.8) is 0 Å². The highest BCUT2D eigenvalue weighted by Gasteiger charge is 2.18. The lowest BCUT2D eigenvalue weighted by Crippen LogP contribution is -2.13. The highest BCUT2D eigenvalue weighted by molar-refractivity contribution is 7.93. The molecule has 0 radical (unpaired) electrons. The summed E-state index contributed by atoms with van der Waals surface area (Å²) < 4.78 is 37.0.